The Morgan fingerprint density at radius 2 is 1.85 bits per heavy atom. The van der Waals surface area contributed by atoms with Gasteiger partial charge >= 0.3 is 6.09 Å². The summed E-state index contributed by atoms with van der Waals surface area (Å²) in [6.45, 7) is 6.40. The third-order valence-electron chi connectivity index (χ3n) is 3.26. The lowest BCUT2D eigenvalue weighted by atomic mass is 10.2. The second kappa shape index (κ2) is 8.93. The minimum Gasteiger partial charge on any atom is -0.444 e. The molecule has 0 saturated carbocycles. The van der Waals surface area contributed by atoms with E-state index in [1.54, 1.807) is 11.8 Å². The first kappa shape index (κ1) is 20.8. The van der Waals surface area contributed by atoms with E-state index < -0.39 is 11.7 Å². The first-order valence-corrected chi connectivity index (χ1v) is 9.95. The van der Waals surface area contributed by atoms with Crippen LogP contribution in [0.5, 0.6) is 0 Å². The molecular formula is C20H25BrN2O2S. The summed E-state index contributed by atoms with van der Waals surface area (Å²) in [5.74, 6) is 0. The summed E-state index contributed by atoms with van der Waals surface area (Å²) < 4.78 is 6.28. The largest absolute Gasteiger partial charge is 0.444 e. The minimum absolute atomic E-state index is 0.459. The predicted molar refractivity (Wildman–Crippen MR) is 112 cm³/mol. The molecule has 0 bridgehead atoms. The summed E-state index contributed by atoms with van der Waals surface area (Å²) in [6, 6.07) is 14.2. The number of hydrogen-bond acceptors (Lipinski definition) is 4. The van der Waals surface area contributed by atoms with Crippen LogP contribution < -0.4 is 5.32 Å². The molecule has 0 aromatic heterocycles. The third kappa shape index (κ3) is 6.67. The third-order valence-corrected chi connectivity index (χ3v) is 4.94. The van der Waals surface area contributed by atoms with Gasteiger partial charge in [-0.25, -0.2) is 4.79 Å². The topological polar surface area (TPSA) is 41.6 Å². The van der Waals surface area contributed by atoms with Crippen LogP contribution in [0.3, 0.4) is 0 Å². The van der Waals surface area contributed by atoms with Gasteiger partial charge in [-0.1, -0.05) is 45.9 Å². The van der Waals surface area contributed by atoms with Gasteiger partial charge in [0.2, 0.25) is 0 Å². The molecule has 140 valence electrons. The SMILES string of the molecule is CN(C)Cc1ccccc1Sc1ccc(Br)cc1NC(=O)OC(C)(C)C. The monoisotopic (exact) mass is 436 g/mol. The number of nitrogens with one attached hydrogen (secondary N) is 1. The van der Waals surface area contributed by atoms with Crippen molar-refractivity contribution in [2.75, 3.05) is 19.4 Å². The number of carbonyl (C=O) groups excluding carboxylic acids is 1. The molecule has 0 aliphatic rings. The molecule has 2 aromatic carbocycles. The number of nitrogens with zero attached hydrogens (tertiary/aromatic N) is 1. The summed E-state index contributed by atoms with van der Waals surface area (Å²) in [5.41, 5.74) is 1.42. The van der Waals surface area contributed by atoms with Crippen LogP contribution in [-0.4, -0.2) is 30.7 Å². The number of amides is 1. The van der Waals surface area contributed by atoms with E-state index in [0.29, 0.717) is 0 Å². The summed E-state index contributed by atoms with van der Waals surface area (Å²) in [6.07, 6.45) is -0.459. The van der Waals surface area contributed by atoms with Crippen molar-refractivity contribution in [1.29, 1.82) is 0 Å². The van der Waals surface area contributed by atoms with Gasteiger partial charge in [0, 0.05) is 20.8 Å². The number of carbonyl (C=O) groups is 1. The van der Waals surface area contributed by atoms with Gasteiger partial charge in [-0.3, -0.25) is 5.32 Å². The van der Waals surface area contributed by atoms with E-state index in [0.717, 1.165) is 26.5 Å². The maximum absolute atomic E-state index is 12.2. The fraction of sp³-hybridized carbons (Fsp3) is 0.350. The van der Waals surface area contributed by atoms with Crippen LogP contribution in [0, 0.1) is 0 Å². The van der Waals surface area contributed by atoms with Gasteiger partial charge in [-0.15, -0.1) is 0 Å². The molecule has 0 fully saturated rings. The second-order valence-corrected chi connectivity index (χ2v) is 9.21. The van der Waals surface area contributed by atoms with Crippen molar-refractivity contribution in [3.63, 3.8) is 0 Å². The number of hydrogen-bond donors (Lipinski definition) is 1. The molecule has 0 atom stereocenters. The molecule has 6 heteroatoms. The zero-order valence-corrected chi connectivity index (χ0v) is 18.2. The molecule has 26 heavy (non-hydrogen) atoms. The van der Waals surface area contributed by atoms with Crippen LogP contribution in [0.2, 0.25) is 0 Å². The Morgan fingerprint density at radius 1 is 1.15 bits per heavy atom. The van der Waals surface area contributed by atoms with Crippen LogP contribution in [0.1, 0.15) is 26.3 Å². The normalized spacial score (nSPS) is 11.5. The summed E-state index contributed by atoms with van der Waals surface area (Å²) in [4.78, 5) is 16.5. The molecular weight excluding hydrogens is 412 g/mol. The minimum atomic E-state index is -0.540. The molecule has 1 N–H and O–H groups in total. The molecule has 4 nitrogen and oxygen atoms in total. The first-order valence-electron chi connectivity index (χ1n) is 8.34. The average molecular weight is 437 g/mol. The van der Waals surface area contributed by atoms with Crippen LogP contribution in [-0.2, 0) is 11.3 Å². The Bertz CT molecular complexity index is 773. The smallest absolute Gasteiger partial charge is 0.412 e. The summed E-state index contributed by atoms with van der Waals surface area (Å²) in [7, 11) is 4.10. The Kier molecular flexibility index (Phi) is 7.15. The quantitative estimate of drug-likeness (QED) is 0.622. The van der Waals surface area contributed by atoms with Crippen molar-refractivity contribution in [1.82, 2.24) is 4.90 Å². The zero-order chi connectivity index (χ0) is 19.3. The molecule has 0 heterocycles. The lowest BCUT2D eigenvalue weighted by molar-refractivity contribution is 0.0635. The summed E-state index contributed by atoms with van der Waals surface area (Å²) in [5, 5.41) is 2.87. The molecule has 0 unspecified atom stereocenters. The van der Waals surface area contributed by atoms with Crippen LogP contribution in [0.25, 0.3) is 0 Å². The van der Waals surface area contributed by atoms with E-state index in [4.69, 9.17) is 4.74 Å². The molecule has 0 spiro atoms. The van der Waals surface area contributed by atoms with E-state index in [1.165, 1.54) is 5.56 Å². The molecule has 0 saturated heterocycles. The second-order valence-electron chi connectivity index (χ2n) is 7.21. The van der Waals surface area contributed by atoms with Gasteiger partial charge in [-0.2, -0.15) is 0 Å². The van der Waals surface area contributed by atoms with E-state index in [-0.39, 0.29) is 0 Å². The fourth-order valence-corrected chi connectivity index (χ4v) is 3.66. The average Bonchev–Trinajstić information content (AvgIpc) is 2.49. The number of rotatable bonds is 5. The molecule has 2 rings (SSSR count). The van der Waals surface area contributed by atoms with Gasteiger partial charge in [0.25, 0.3) is 0 Å². The lowest BCUT2D eigenvalue weighted by Crippen LogP contribution is -2.27. The van der Waals surface area contributed by atoms with Crippen molar-refractivity contribution < 1.29 is 9.53 Å². The van der Waals surface area contributed by atoms with E-state index in [9.17, 15) is 4.79 Å². The number of halogens is 1. The Labute approximate surface area is 168 Å². The number of anilines is 1. The van der Waals surface area contributed by atoms with Crippen LogP contribution >= 0.6 is 27.7 Å². The standard InChI is InChI=1S/C20H25BrN2O2S/c1-20(2,3)25-19(24)22-16-12-15(21)10-11-18(16)26-17-9-7-6-8-14(17)13-23(4)5/h6-12H,13H2,1-5H3,(H,22,24). The highest BCUT2D eigenvalue weighted by Crippen LogP contribution is 2.37. The van der Waals surface area contributed by atoms with Gasteiger partial charge in [0.1, 0.15) is 5.60 Å². The van der Waals surface area contributed by atoms with E-state index in [1.807, 2.05) is 51.1 Å². The maximum atomic E-state index is 12.2. The van der Waals surface area contributed by atoms with Gasteiger partial charge in [0.15, 0.2) is 0 Å². The lowest BCUT2D eigenvalue weighted by Gasteiger charge is -2.21. The Hall–Kier alpha value is -1.50. The molecule has 2 aromatic rings. The molecule has 0 aliphatic carbocycles. The molecule has 0 aliphatic heterocycles. The first-order chi connectivity index (χ1) is 12.1. The van der Waals surface area contributed by atoms with Gasteiger partial charge < -0.3 is 9.64 Å². The van der Waals surface area contributed by atoms with Crippen molar-refractivity contribution in [2.45, 2.75) is 42.7 Å². The van der Waals surface area contributed by atoms with Crippen molar-refractivity contribution >= 4 is 39.5 Å². The molecule has 1 amide bonds. The van der Waals surface area contributed by atoms with Gasteiger partial charge in [-0.05, 0) is 64.7 Å². The van der Waals surface area contributed by atoms with Crippen molar-refractivity contribution in [2.24, 2.45) is 0 Å². The Balaban J connectivity index is 2.27. The Morgan fingerprint density at radius 3 is 2.50 bits per heavy atom. The molecule has 0 radical (unpaired) electrons. The van der Waals surface area contributed by atoms with Crippen molar-refractivity contribution in [3.8, 4) is 0 Å². The van der Waals surface area contributed by atoms with Crippen molar-refractivity contribution in [3.05, 3.63) is 52.5 Å². The predicted octanol–water partition coefficient (Wildman–Crippen LogP) is 6.01. The van der Waals surface area contributed by atoms with Crippen LogP contribution in [0.15, 0.2) is 56.7 Å². The van der Waals surface area contributed by atoms with E-state index in [2.05, 4.69) is 52.4 Å². The van der Waals surface area contributed by atoms with E-state index >= 15 is 0 Å². The maximum Gasteiger partial charge on any atom is 0.412 e. The summed E-state index contributed by atoms with van der Waals surface area (Å²) >= 11 is 5.11. The van der Waals surface area contributed by atoms with Crippen LogP contribution in [0.4, 0.5) is 10.5 Å². The number of benzene rings is 2. The zero-order valence-electron chi connectivity index (χ0n) is 15.8. The highest BCUT2D eigenvalue weighted by Gasteiger charge is 2.18. The fourth-order valence-electron chi connectivity index (χ4n) is 2.30. The number of ether oxygens (including phenoxy) is 1. The van der Waals surface area contributed by atoms with Gasteiger partial charge in [0.05, 0.1) is 5.69 Å². The highest BCUT2D eigenvalue weighted by molar-refractivity contribution is 9.10. The highest BCUT2D eigenvalue weighted by atomic mass is 79.9.